The lowest BCUT2D eigenvalue weighted by atomic mass is 10.2. The molecule has 6 heteroatoms. The lowest BCUT2D eigenvalue weighted by Gasteiger charge is -2.08. The number of anilines is 3. The summed E-state index contributed by atoms with van der Waals surface area (Å²) in [5, 5.41) is 14.5. The Balaban J connectivity index is 2.21. The molecule has 0 saturated heterocycles. The third kappa shape index (κ3) is 3.16. The predicted octanol–water partition coefficient (Wildman–Crippen LogP) is 2.66. The van der Waals surface area contributed by atoms with E-state index in [1.165, 1.54) is 18.2 Å². The zero-order valence-electron chi connectivity index (χ0n) is 10.3. The zero-order valence-corrected chi connectivity index (χ0v) is 10.3. The van der Waals surface area contributed by atoms with Crippen LogP contribution in [0.1, 0.15) is 12.5 Å². The highest BCUT2D eigenvalue weighted by Crippen LogP contribution is 2.19. The summed E-state index contributed by atoms with van der Waals surface area (Å²) >= 11 is 0. The molecular formula is C13H12FN5. The van der Waals surface area contributed by atoms with Crippen LogP contribution < -0.4 is 10.6 Å². The largest absolute Gasteiger partial charge is 0.354 e. The van der Waals surface area contributed by atoms with Gasteiger partial charge in [-0.3, -0.25) is 0 Å². The van der Waals surface area contributed by atoms with Crippen LogP contribution in [0.25, 0.3) is 0 Å². The molecule has 0 amide bonds. The average Bonchev–Trinajstić information content (AvgIpc) is 2.42. The molecule has 0 atom stereocenters. The van der Waals surface area contributed by atoms with Gasteiger partial charge < -0.3 is 10.6 Å². The Morgan fingerprint density at radius 3 is 2.89 bits per heavy atom. The predicted molar refractivity (Wildman–Crippen MR) is 70.6 cm³/mol. The number of rotatable bonds is 4. The van der Waals surface area contributed by atoms with E-state index in [0.717, 1.165) is 0 Å². The van der Waals surface area contributed by atoms with Crippen molar-refractivity contribution in [3.8, 4) is 6.07 Å². The van der Waals surface area contributed by atoms with Crippen LogP contribution in [0.15, 0.2) is 30.5 Å². The van der Waals surface area contributed by atoms with Crippen molar-refractivity contribution in [1.29, 1.82) is 5.26 Å². The van der Waals surface area contributed by atoms with Crippen LogP contribution in [0.3, 0.4) is 0 Å². The number of nitriles is 1. The van der Waals surface area contributed by atoms with Gasteiger partial charge in [0.1, 0.15) is 11.6 Å². The second-order valence-electron chi connectivity index (χ2n) is 3.73. The molecule has 0 spiro atoms. The summed E-state index contributed by atoms with van der Waals surface area (Å²) in [6.45, 7) is 2.64. The van der Waals surface area contributed by atoms with Crippen molar-refractivity contribution in [1.82, 2.24) is 9.97 Å². The maximum Gasteiger partial charge on any atom is 0.224 e. The van der Waals surface area contributed by atoms with Gasteiger partial charge in [-0.1, -0.05) is 0 Å². The standard InChI is InChI=1S/C13H12FN5/c1-2-16-13-17-6-5-12(19-13)18-11-4-3-9(8-15)7-10(11)14/h3-7H,2H2,1H3,(H2,16,17,18,19). The first-order valence-corrected chi connectivity index (χ1v) is 5.76. The molecule has 2 N–H and O–H groups in total. The molecule has 0 saturated carbocycles. The Morgan fingerprint density at radius 2 is 2.21 bits per heavy atom. The molecule has 0 aliphatic heterocycles. The van der Waals surface area contributed by atoms with Crippen LogP contribution in [0, 0.1) is 17.1 Å². The Bertz CT molecular complexity index is 621. The Morgan fingerprint density at radius 1 is 1.37 bits per heavy atom. The van der Waals surface area contributed by atoms with E-state index in [1.54, 1.807) is 12.3 Å². The molecule has 19 heavy (non-hydrogen) atoms. The Hall–Kier alpha value is -2.68. The highest BCUT2D eigenvalue weighted by Gasteiger charge is 2.05. The number of nitrogens with zero attached hydrogens (tertiary/aromatic N) is 3. The van der Waals surface area contributed by atoms with E-state index >= 15 is 0 Å². The summed E-state index contributed by atoms with van der Waals surface area (Å²) in [5.41, 5.74) is 0.541. The molecule has 0 aliphatic carbocycles. The minimum Gasteiger partial charge on any atom is -0.354 e. The fourth-order valence-corrected chi connectivity index (χ4v) is 1.50. The fraction of sp³-hybridized carbons (Fsp3) is 0.154. The van der Waals surface area contributed by atoms with Gasteiger partial charge in [-0.05, 0) is 31.2 Å². The maximum absolute atomic E-state index is 13.7. The number of halogens is 1. The van der Waals surface area contributed by atoms with Crippen LogP contribution in [-0.4, -0.2) is 16.5 Å². The number of hydrogen-bond acceptors (Lipinski definition) is 5. The van der Waals surface area contributed by atoms with Gasteiger partial charge in [0.05, 0.1) is 17.3 Å². The number of aromatic nitrogens is 2. The second kappa shape index (κ2) is 5.78. The van der Waals surface area contributed by atoms with E-state index in [-0.39, 0.29) is 11.3 Å². The lowest BCUT2D eigenvalue weighted by molar-refractivity contribution is 0.631. The van der Waals surface area contributed by atoms with Crippen molar-refractivity contribution in [3.05, 3.63) is 41.8 Å². The van der Waals surface area contributed by atoms with E-state index in [2.05, 4.69) is 20.6 Å². The van der Waals surface area contributed by atoms with Gasteiger partial charge in [0.15, 0.2) is 0 Å². The van der Waals surface area contributed by atoms with Crippen LogP contribution >= 0.6 is 0 Å². The van der Waals surface area contributed by atoms with E-state index in [0.29, 0.717) is 18.3 Å². The number of hydrogen-bond donors (Lipinski definition) is 2. The minimum absolute atomic E-state index is 0.264. The summed E-state index contributed by atoms with van der Waals surface area (Å²) in [7, 11) is 0. The van der Waals surface area contributed by atoms with E-state index < -0.39 is 5.82 Å². The second-order valence-corrected chi connectivity index (χ2v) is 3.73. The Labute approximate surface area is 110 Å². The van der Waals surface area contributed by atoms with Crippen molar-refractivity contribution < 1.29 is 4.39 Å². The quantitative estimate of drug-likeness (QED) is 0.880. The molecule has 96 valence electrons. The van der Waals surface area contributed by atoms with Crippen LogP contribution in [0.5, 0.6) is 0 Å². The van der Waals surface area contributed by atoms with Crippen molar-refractivity contribution in [3.63, 3.8) is 0 Å². The highest BCUT2D eigenvalue weighted by atomic mass is 19.1. The summed E-state index contributed by atoms with van der Waals surface area (Å²) in [6.07, 6.45) is 1.58. The molecule has 1 aromatic carbocycles. The third-order valence-electron chi connectivity index (χ3n) is 2.35. The highest BCUT2D eigenvalue weighted by molar-refractivity contribution is 5.58. The molecule has 2 aromatic rings. The fourth-order valence-electron chi connectivity index (χ4n) is 1.50. The van der Waals surface area contributed by atoms with Gasteiger partial charge in [0.25, 0.3) is 0 Å². The van der Waals surface area contributed by atoms with Crippen molar-refractivity contribution in [2.75, 3.05) is 17.2 Å². The molecule has 1 aromatic heterocycles. The third-order valence-corrected chi connectivity index (χ3v) is 2.35. The monoisotopic (exact) mass is 257 g/mol. The van der Waals surface area contributed by atoms with Crippen LogP contribution in [-0.2, 0) is 0 Å². The summed E-state index contributed by atoms with van der Waals surface area (Å²) in [5.74, 6) is 0.457. The number of benzene rings is 1. The Kier molecular flexibility index (Phi) is 3.88. The van der Waals surface area contributed by atoms with Gasteiger partial charge in [-0.25, -0.2) is 9.37 Å². The van der Waals surface area contributed by atoms with Gasteiger partial charge in [-0.15, -0.1) is 0 Å². The van der Waals surface area contributed by atoms with Crippen molar-refractivity contribution >= 4 is 17.5 Å². The maximum atomic E-state index is 13.7. The molecule has 0 aliphatic rings. The summed E-state index contributed by atoms with van der Waals surface area (Å²) < 4.78 is 13.7. The summed E-state index contributed by atoms with van der Waals surface area (Å²) in [6, 6.07) is 7.74. The van der Waals surface area contributed by atoms with Gasteiger partial charge in [0, 0.05) is 12.7 Å². The summed E-state index contributed by atoms with van der Waals surface area (Å²) in [4.78, 5) is 8.20. The van der Waals surface area contributed by atoms with Crippen molar-refractivity contribution in [2.45, 2.75) is 6.92 Å². The van der Waals surface area contributed by atoms with Gasteiger partial charge in [0.2, 0.25) is 5.95 Å². The molecule has 1 heterocycles. The molecule has 0 bridgehead atoms. The molecule has 5 nitrogen and oxygen atoms in total. The lowest BCUT2D eigenvalue weighted by Crippen LogP contribution is -2.04. The number of nitrogens with one attached hydrogen (secondary N) is 2. The first kappa shape index (κ1) is 12.8. The first-order valence-electron chi connectivity index (χ1n) is 5.76. The molecular weight excluding hydrogens is 245 g/mol. The molecule has 0 fully saturated rings. The smallest absolute Gasteiger partial charge is 0.224 e. The van der Waals surface area contributed by atoms with E-state index in [9.17, 15) is 4.39 Å². The van der Waals surface area contributed by atoms with E-state index in [1.807, 2.05) is 13.0 Å². The normalized spacial score (nSPS) is 9.74. The van der Waals surface area contributed by atoms with E-state index in [4.69, 9.17) is 5.26 Å². The molecule has 0 radical (unpaired) electrons. The SMILES string of the molecule is CCNc1nccc(Nc2ccc(C#N)cc2F)n1. The van der Waals surface area contributed by atoms with Crippen LogP contribution in [0.4, 0.5) is 21.8 Å². The first-order chi connectivity index (χ1) is 9.22. The zero-order chi connectivity index (χ0) is 13.7. The average molecular weight is 257 g/mol. The van der Waals surface area contributed by atoms with Crippen LogP contribution in [0.2, 0.25) is 0 Å². The van der Waals surface area contributed by atoms with Gasteiger partial charge in [-0.2, -0.15) is 10.2 Å². The van der Waals surface area contributed by atoms with Gasteiger partial charge >= 0.3 is 0 Å². The molecule has 2 rings (SSSR count). The molecule has 0 unspecified atom stereocenters. The minimum atomic E-state index is -0.498. The van der Waals surface area contributed by atoms with Crippen molar-refractivity contribution in [2.24, 2.45) is 0 Å². The topological polar surface area (TPSA) is 73.6 Å².